The Labute approximate surface area is 87.4 Å². The molecule has 0 bridgehead atoms. The van der Waals surface area contributed by atoms with Crippen LogP contribution in [0.2, 0.25) is 0 Å². The maximum atomic E-state index is 10.0. The summed E-state index contributed by atoms with van der Waals surface area (Å²) in [5.74, 6) is 0. The van der Waals surface area contributed by atoms with Gasteiger partial charge >= 0.3 is 0 Å². The highest BCUT2D eigenvalue weighted by Gasteiger charge is 2.01. The van der Waals surface area contributed by atoms with Gasteiger partial charge in [0.15, 0.2) is 0 Å². The number of hydrogen-bond donors (Lipinski definition) is 0. The van der Waals surface area contributed by atoms with Gasteiger partial charge in [-0.2, -0.15) is 0 Å². The Bertz CT molecular complexity index is 442. The van der Waals surface area contributed by atoms with E-state index in [0.717, 1.165) is 16.7 Å². The van der Waals surface area contributed by atoms with Crippen molar-refractivity contribution >= 4 is 12.2 Å². The molecular weight excluding hydrogens is 192 g/mol. The van der Waals surface area contributed by atoms with Crippen molar-refractivity contribution in [1.82, 2.24) is 0 Å². The van der Waals surface area contributed by atoms with E-state index in [2.05, 4.69) is 9.98 Å². The lowest BCUT2D eigenvalue weighted by Gasteiger charge is -2.04. The minimum Gasteiger partial charge on any atom is -0.211 e. The summed E-state index contributed by atoms with van der Waals surface area (Å²) >= 11 is 0. The van der Waals surface area contributed by atoms with Crippen LogP contribution in [0.4, 0.5) is 0 Å². The predicted octanol–water partition coefficient (Wildman–Crippen LogP) is 1.67. The number of rotatable bonds is 4. The fraction of sp³-hybridized carbons (Fsp3) is 0.273. The number of isocyanates is 2. The van der Waals surface area contributed by atoms with Gasteiger partial charge in [0.1, 0.15) is 0 Å². The van der Waals surface area contributed by atoms with E-state index in [4.69, 9.17) is 0 Å². The van der Waals surface area contributed by atoms with Gasteiger partial charge in [0.05, 0.1) is 13.1 Å². The number of hydrogen-bond acceptors (Lipinski definition) is 4. The summed E-state index contributed by atoms with van der Waals surface area (Å²) in [7, 11) is 0. The van der Waals surface area contributed by atoms with Crippen LogP contribution in [0.15, 0.2) is 28.2 Å². The third-order valence-corrected chi connectivity index (χ3v) is 1.99. The van der Waals surface area contributed by atoms with Gasteiger partial charge in [-0.05, 0) is 18.1 Å². The van der Waals surface area contributed by atoms with Crippen molar-refractivity contribution in [2.75, 3.05) is 0 Å². The van der Waals surface area contributed by atoms with Gasteiger partial charge in [-0.1, -0.05) is 23.8 Å². The van der Waals surface area contributed by atoms with Crippen LogP contribution in [0.5, 0.6) is 0 Å². The van der Waals surface area contributed by atoms with Crippen LogP contribution in [0.25, 0.3) is 0 Å². The maximum absolute atomic E-state index is 10.0. The Hall–Kier alpha value is -2.02. The summed E-state index contributed by atoms with van der Waals surface area (Å²) in [4.78, 5) is 27.0. The summed E-state index contributed by atoms with van der Waals surface area (Å²) in [6.07, 6.45) is 2.97. The second-order valence-electron chi connectivity index (χ2n) is 3.09. The largest absolute Gasteiger partial charge is 0.235 e. The Morgan fingerprint density at radius 1 is 1.07 bits per heavy atom. The SMILES string of the molecule is Cc1ccc(CN=C=O)c(CN=C=O)c1. The van der Waals surface area contributed by atoms with E-state index in [1.165, 1.54) is 12.2 Å². The van der Waals surface area contributed by atoms with Crippen LogP contribution in [0.3, 0.4) is 0 Å². The summed E-state index contributed by atoms with van der Waals surface area (Å²) in [6, 6.07) is 5.70. The van der Waals surface area contributed by atoms with Crippen molar-refractivity contribution in [2.45, 2.75) is 20.0 Å². The first-order valence-electron chi connectivity index (χ1n) is 4.43. The molecule has 0 unspecified atom stereocenters. The Kier molecular flexibility index (Phi) is 4.17. The summed E-state index contributed by atoms with van der Waals surface area (Å²) in [5, 5.41) is 0. The minimum absolute atomic E-state index is 0.271. The molecular formula is C11H10N2O2. The first kappa shape index (κ1) is 11.1. The van der Waals surface area contributed by atoms with Crippen LogP contribution < -0.4 is 0 Å². The molecule has 76 valence electrons. The zero-order valence-electron chi connectivity index (χ0n) is 8.36. The summed E-state index contributed by atoms with van der Waals surface area (Å²) in [5.41, 5.74) is 2.84. The third-order valence-electron chi connectivity index (χ3n) is 1.99. The van der Waals surface area contributed by atoms with E-state index >= 15 is 0 Å². The second kappa shape index (κ2) is 5.66. The number of aliphatic imine (C=N–C) groups is 2. The zero-order chi connectivity index (χ0) is 11.1. The van der Waals surface area contributed by atoms with Gasteiger partial charge < -0.3 is 0 Å². The molecule has 1 aromatic carbocycles. The molecule has 0 saturated carbocycles. The molecule has 0 atom stereocenters. The van der Waals surface area contributed by atoms with Crippen molar-refractivity contribution in [1.29, 1.82) is 0 Å². The monoisotopic (exact) mass is 202 g/mol. The lowest BCUT2D eigenvalue weighted by Crippen LogP contribution is -1.92. The summed E-state index contributed by atoms with van der Waals surface area (Å²) < 4.78 is 0. The number of carbonyl (C=O) groups excluding carboxylic acids is 2. The molecule has 4 nitrogen and oxygen atoms in total. The van der Waals surface area contributed by atoms with Gasteiger partial charge in [-0.15, -0.1) is 0 Å². The molecule has 0 saturated heterocycles. The molecule has 4 heteroatoms. The molecule has 0 fully saturated rings. The normalized spacial score (nSPS) is 8.87. The van der Waals surface area contributed by atoms with Crippen molar-refractivity contribution in [3.63, 3.8) is 0 Å². The third kappa shape index (κ3) is 3.31. The molecule has 0 spiro atoms. The van der Waals surface area contributed by atoms with Crippen molar-refractivity contribution in [3.8, 4) is 0 Å². The lowest BCUT2D eigenvalue weighted by molar-refractivity contribution is 0.561. The minimum atomic E-state index is 0.271. The van der Waals surface area contributed by atoms with E-state index < -0.39 is 0 Å². The molecule has 0 heterocycles. The molecule has 0 radical (unpaired) electrons. The predicted molar refractivity (Wildman–Crippen MR) is 54.8 cm³/mol. The van der Waals surface area contributed by atoms with E-state index in [-0.39, 0.29) is 13.1 Å². The quantitative estimate of drug-likeness (QED) is 0.550. The molecule has 0 N–H and O–H groups in total. The lowest BCUT2D eigenvalue weighted by atomic mass is 10.0. The molecule has 15 heavy (non-hydrogen) atoms. The highest BCUT2D eigenvalue weighted by Crippen LogP contribution is 2.13. The van der Waals surface area contributed by atoms with Crippen LogP contribution >= 0.6 is 0 Å². The van der Waals surface area contributed by atoms with Gasteiger partial charge in [-0.25, -0.2) is 19.6 Å². The highest BCUT2D eigenvalue weighted by molar-refractivity contribution is 5.38. The van der Waals surface area contributed by atoms with Crippen molar-refractivity contribution < 1.29 is 9.59 Å². The Balaban J connectivity index is 3.01. The number of benzene rings is 1. The van der Waals surface area contributed by atoms with E-state index in [0.29, 0.717) is 0 Å². The molecule has 0 aliphatic rings. The molecule has 0 aromatic heterocycles. The smallest absolute Gasteiger partial charge is 0.211 e. The van der Waals surface area contributed by atoms with E-state index in [9.17, 15) is 9.59 Å². The van der Waals surface area contributed by atoms with Crippen LogP contribution in [0, 0.1) is 6.92 Å². The van der Waals surface area contributed by atoms with Gasteiger partial charge in [0.25, 0.3) is 0 Å². The molecule has 0 aliphatic heterocycles. The Morgan fingerprint density at radius 2 is 1.67 bits per heavy atom. The second-order valence-corrected chi connectivity index (χ2v) is 3.09. The van der Waals surface area contributed by atoms with Gasteiger partial charge in [0.2, 0.25) is 12.2 Å². The topological polar surface area (TPSA) is 58.9 Å². The van der Waals surface area contributed by atoms with Gasteiger partial charge in [0, 0.05) is 0 Å². The standard InChI is InChI=1S/C11H10N2O2/c1-9-2-3-10(5-12-7-14)11(4-9)6-13-8-15/h2-4H,5-6H2,1H3. The van der Waals surface area contributed by atoms with E-state index in [1.54, 1.807) is 0 Å². The molecule has 1 aromatic rings. The van der Waals surface area contributed by atoms with Crippen molar-refractivity contribution in [2.24, 2.45) is 9.98 Å². The van der Waals surface area contributed by atoms with Crippen LogP contribution in [0.1, 0.15) is 16.7 Å². The average Bonchev–Trinajstić information content (AvgIpc) is 2.25. The fourth-order valence-corrected chi connectivity index (χ4v) is 1.29. The number of nitrogens with zero attached hydrogens (tertiary/aromatic N) is 2. The van der Waals surface area contributed by atoms with Crippen LogP contribution in [-0.4, -0.2) is 12.2 Å². The zero-order valence-corrected chi connectivity index (χ0v) is 8.36. The van der Waals surface area contributed by atoms with Crippen LogP contribution in [-0.2, 0) is 22.7 Å². The fourth-order valence-electron chi connectivity index (χ4n) is 1.29. The van der Waals surface area contributed by atoms with Crippen molar-refractivity contribution in [3.05, 3.63) is 34.9 Å². The average molecular weight is 202 g/mol. The first-order chi connectivity index (χ1) is 7.27. The van der Waals surface area contributed by atoms with E-state index in [1.807, 2.05) is 25.1 Å². The maximum Gasteiger partial charge on any atom is 0.235 e. The number of aryl methyl sites for hydroxylation is 1. The van der Waals surface area contributed by atoms with Gasteiger partial charge in [-0.3, -0.25) is 0 Å². The molecule has 0 amide bonds. The molecule has 1 rings (SSSR count). The first-order valence-corrected chi connectivity index (χ1v) is 4.43. The molecule has 0 aliphatic carbocycles. The summed E-state index contributed by atoms with van der Waals surface area (Å²) in [6.45, 7) is 2.49. The Morgan fingerprint density at radius 3 is 2.27 bits per heavy atom. The highest BCUT2D eigenvalue weighted by atomic mass is 16.1.